The summed E-state index contributed by atoms with van der Waals surface area (Å²) in [7, 11) is 0. The molecule has 0 fully saturated rings. The molecule has 0 unspecified atom stereocenters. The van der Waals surface area contributed by atoms with E-state index in [9.17, 15) is 0 Å². The molecular weight excluding hydrogens is 484 g/mol. The van der Waals surface area contributed by atoms with Crippen molar-refractivity contribution in [2.45, 2.75) is 52.4 Å². The third-order valence-electron chi connectivity index (χ3n) is 7.57. The van der Waals surface area contributed by atoms with Gasteiger partial charge in [0.15, 0.2) is 0 Å². The van der Waals surface area contributed by atoms with E-state index < -0.39 is 0 Å². The maximum Gasteiger partial charge on any atom is 0.0463 e. The molecule has 5 aromatic rings. The Balaban J connectivity index is 1.46. The van der Waals surface area contributed by atoms with E-state index in [-0.39, 0.29) is 10.8 Å². The van der Waals surface area contributed by atoms with Gasteiger partial charge in [-0.3, -0.25) is 0 Å². The van der Waals surface area contributed by atoms with Crippen LogP contribution in [0.15, 0.2) is 121 Å². The molecule has 0 aliphatic carbocycles. The Morgan fingerprint density at radius 1 is 0.375 bits per heavy atom. The van der Waals surface area contributed by atoms with Gasteiger partial charge in [-0.25, -0.2) is 0 Å². The molecular formula is C38H40N2. The first-order valence-corrected chi connectivity index (χ1v) is 14.1. The highest BCUT2D eigenvalue weighted by atomic mass is 15.1. The van der Waals surface area contributed by atoms with Gasteiger partial charge in [0.05, 0.1) is 0 Å². The van der Waals surface area contributed by atoms with Crippen molar-refractivity contribution in [3.05, 3.63) is 132 Å². The minimum atomic E-state index is 0.146. The first kappa shape index (κ1) is 27.3. The smallest absolute Gasteiger partial charge is 0.0463 e. The van der Waals surface area contributed by atoms with E-state index in [0.717, 1.165) is 22.7 Å². The molecule has 0 aliphatic rings. The van der Waals surface area contributed by atoms with E-state index >= 15 is 0 Å². The monoisotopic (exact) mass is 524 g/mol. The summed E-state index contributed by atoms with van der Waals surface area (Å²) in [5.74, 6) is 0. The SMILES string of the molecule is CC(C)(C)c1ccc(-c2ccc(N(c3ccc(N)cc3)c3ccc(-c4ccc(C(C)(C)C)cc4)cc3)cc2)cc1. The lowest BCUT2D eigenvalue weighted by Gasteiger charge is -2.26. The van der Waals surface area contributed by atoms with Gasteiger partial charge >= 0.3 is 0 Å². The number of nitrogens with two attached hydrogens (primary N) is 1. The van der Waals surface area contributed by atoms with E-state index in [1.807, 2.05) is 12.1 Å². The molecule has 0 aromatic heterocycles. The molecule has 0 saturated carbocycles. The molecule has 0 spiro atoms. The largest absolute Gasteiger partial charge is 0.399 e. The second-order valence-corrected chi connectivity index (χ2v) is 12.7. The zero-order valence-corrected chi connectivity index (χ0v) is 24.6. The summed E-state index contributed by atoms with van der Waals surface area (Å²) in [6, 6.07) is 43.5. The van der Waals surface area contributed by atoms with Crippen molar-refractivity contribution in [2.75, 3.05) is 10.6 Å². The summed E-state index contributed by atoms with van der Waals surface area (Å²) >= 11 is 0. The Hall–Kier alpha value is -4.30. The molecule has 0 saturated heterocycles. The second-order valence-electron chi connectivity index (χ2n) is 12.7. The number of rotatable bonds is 5. The fraction of sp³-hybridized carbons (Fsp3) is 0.211. The molecule has 2 N–H and O–H groups in total. The van der Waals surface area contributed by atoms with E-state index in [1.54, 1.807) is 0 Å². The second kappa shape index (κ2) is 10.7. The van der Waals surface area contributed by atoms with Crippen molar-refractivity contribution in [3.8, 4) is 22.3 Å². The van der Waals surface area contributed by atoms with Crippen molar-refractivity contribution in [1.82, 2.24) is 0 Å². The number of nitrogen functional groups attached to an aromatic ring is 1. The van der Waals surface area contributed by atoms with Crippen LogP contribution in [0.4, 0.5) is 22.7 Å². The Morgan fingerprint density at radius 3 is 0.900 bits per heavy atom. The normalized spacial score (nSPS) is 11.8. The molecule has 40 heavy (non-hydrogen) atoms. The molecule has 5 aromatic carbocycles. The van der Waals surface area contributed by atoms with Gasteiger partial charge in [-0.15, -0.1) is 0 Å². The topological polar surface area (TPSA) is 29.3 Å². The standard InChI is InChI=1S/C38H40N2/c1-37(2,3)31-15-7-27(8-16-31)29-11-21-34(22-12-29)40(36-25-19-33(39)20-26-36)35-23-13-30(14-24-35)28-9-17-32(18-10-28)38(4,5)6/h7-26H,39H2,1-6H3. The van der Waals surface area contributed by atoms with Crippen LogP contribution in [0.2, 0.25) is 0 Å². The van der Waals surface area contributed by atoms with Crippen LogP contribution in [0.5, 0.6) is 0 Å². The highest BCUT2D eigenvalue weighted by Crippen LogP contribution is 2.37. The summed E-state index contributed by atoms with van der Waals surface area (Å²) in [6.45, 7) is 13.5. The molecule has 0 heterocycles. The molecule has 0 radical (unpaired) electrons. The van der Waals surface area contributed by atoms with Crippen molar-refractivity contribution >= 4 is 22.7 Å². The number of hydrogen-bond acceptors (Lipinski definition) is 2. The number of nitrogens with zero attached hydrogens (tertiary/aromatic N) is 1. The van der Waals surface area contributed by atoms with Crippen molar-refractivity contribution < 1.29 is 0 Å². The van der Waals surface area contributed by atoms with Gasteiger partial charge < -0.3 is 10.6 Å². The van der Waals surface area contributed by atoms with Crippen molar-refractivity contribution in [3.63, 3.8) is 0 Å². The first-order chi connectivity index (χ1) is 19.0. The molecule has 0 amide bonds. The average molecular weight is 525 g/mol. The van der Waals surface area contributed by atoms with Crippen LogP contribution >= 0.6 is 0 Å². The fourth-order valence-electron chi connectivity index (χ4n) is 5.00. The van der Waals surface area contributed by atoms with Gasteiger partial charge in [-0.05, 0) is 92.7 Å². The zero-order valence-electron chi connectivity index (χ0n) is 24.6. The van der Waals surface area contributed by atoms with Crippen LogP contribution in [0, 0.1) is 0 Å². The van der Waals surface area contributed by atoms with Crippen LogP contribution < -0.4 is 10.6 Å². The predicted molar refractivity (Wildman–Crippen MR) is 174 cm³/mol. The van der Waals surface area contributed by atoms with Gasteiger partial charge in [0.1, 0.15) is 0 Å². The van der Waals surface area contributed by atoms with Crippen LogP contribution in [0.25, 0.3) is 22.3 Å². The Morgan fingerprint density at radius 2 is 0.625 bits per heavy atom. The third kappa shape index (κ3) is 5.97. The lowest BCUT2D eigenvalue weighted by Crippen LogP contribution is -2.10. The summed E-state index contributed by atoms with van der Waals surface area (Å²) in [5, 5.41) is 0. The molecule has 2 nitrogen and oxygen atoms in total. The summed E-state index contributed by atoms with van der Waals surface area (Å²) in [4.78, 5) is 2.28. The summed E-state index contributed by atoms with van der Waals surface area (Å²) < 4.78 is 0. The Labute approximate surface area is 240 Å². The number of hydrogen-bond donors (Lipinski definition) is 1. The fourth-order valence-corrected chi connectivity index (χ4v) is 5.00. The quantitative estimate of drug-likeness (QED) is 0.232. The maximum absolute atomic E-state index is 6.03. The average Bonchev–Trinajstić information content (AvgIpc) is 2.94. The Bertz CT molecular complexity index is 1450. The van der Waals surface area contributed by atoms with Crippen LogP contribution in [-0.4, -0.2) is 0 Å². The van der Waals surface area contributed by atoms with Crippen LogP contribution in [-0.2, 0) is 10.8 Å². The minimum absolute atomic E-state index is 0.146. The summed E-state index contributed by atoms with van der Waals surface area (Å²) in [6.07, 6.45) is 0. The van der Waals surface area contributed by atoms with E-state index in [0.29, 0.717) is 0 Å². The van der Waals surface area contributed by atoms with Crippen molar-refractivity contribution in [2.24, 2.45) is 0 Å². The van der Waals surface area contributed by atoms with E-state index in [2.05, 4.69) is 156 Å². The van der Waals surface area contributed by atoms with Crippen LogP contribution in [0.3, 0.4) is 0 Å². The Kier molecular flexibility index (Phi) is 7.29. The van der Waals surface area contributed by atoms with Gasteiger partial charge in [0, 0.05) is 22.7 Å². The molecule has 0 bridgehead atoms. The van der Waals surface area contributed by atoms with E-state index in [4.69, 9.17) is 5.73 Å². The maximum atomic E-state index is 6.03. The third-order valence-corrected chi connectivity index (χ3v) is 7.57. The van der Waals surface area contributed by atoms with Crippen LogP contribution in [0.1, 0.15) is 52.7 Å². The molecule has 5 rings (SSSR count). The molecule has 2 heteroatoms. The molecule has 202 valence electrons. The van der Waals surface area contributed by atoms with Gasteiger partial charge in [-0.1, -0.05) is 114 Å². The first-order valence-electron chi connectivity index (χ1n) is 14.1. The predicted octanol–water partition coefficient (Wildman–Crippen LogP) is 10.7. The minimum Gasteiger partial charge on any atom is -0.399 e. The van der Waals surface area contributed by atoms with Gasteiger partial charge in [0.25, 0.3) is 0 Å². The van der Waals surface area contributed by atoms with Gasteiger partial charge in [-0.2, -0.15) is 0 Å². The highest BCUT2D eigenvalue weighted by molar-refractivity contribution is 5.80. The molecule has 0 aliphatic heterocycles. The highest BCUT2D eigenvalue weighted by Gasteiger charge is 2.16. The van der Waals surface area contributed by atoms with E-state index in [1.165, 1.54) is 33.4 Å². The number of anilines is 4. The molecule has 0 atom stereocenters. The van der Waals surface area contributed by atoms with Crippen molar-refractivity contribution in [1.29, 1.82) is 0 Å². The van der Waals surface area contributed by atoms with Gasteiger partial charge in [0.2, 0.25) is 0 Å². The zero-order chi connectivity index (χ0) is 28.5. The lowest BCUT2D eigenvalue weighted by molar-refractivity contribution is 0.590. The summed E-state index contributed by atoms with van der Waals surface area (Å²) in [5.41, 5.74) is 17.9. The lowest BCUT2D eigenvalue weighted by atomic mass is 9.86. The number of benzene rings is 5.